The molecule has 2 heterocycles. The number of nitrogens with zero attached hydrogens (tertiary/aromatic N) is 3. The Kier molecular flexibility index (Phi) is 5.96. The van der Waals surface area contributed by atoms with Crippen LogP contribution >= 0.6 is 11.6 Å². The summed E-state index contributed by atoms with van der Waals surface area (Å²) in [7, 11) is 1.75. The third-order valence-corrected chi connectivity index (χ3v) is 5.09. The largest absolute Gasteiger partial charge is 0.382 e. The van der Waals surface area contributed by atoms with Gasteiger partial charge in [-0.1, -0.05) is 23.7 Å². The molecule has 3 rings (SSSR count). The number of rotatable bonds is 5. The van der Waals surface area contributed by atoms with Gasteiger partial charge in [-0.2, -0.15) is 4.39 Å². The van der Waals surface area contributed by atoms with Crippen molar-refractivity contribution in [1.29, 1.82) is 0 Å². The van der Waals surface area contributed by atoms with Gasteiger partial charge in [-0.05, 0) is 30.7 Å². The molecule has 1 saturated heterocycles. The Hall–Kier alpha value is -1.89. The molecule has 0 spiro atoms. The Labute approximate surface area is 158 Å². The lowest BCUT2D eigenvalue weighted by atomic mass is 10.1. The van der Waals surface area contributed by atoms with Crippen LogP contribution in [0.5, 0.6) is 0 Å². The lowest BCUT2D eigenvalue weighted by molar-refractivity contribution is 0.0749. The molecule has 1 aromatic heterocycles. The molecule has 1 aliphatic rings. The van der Waals surface area contributed by atoms with Gasteiger partial charge in [0.1, 0.15) is 5.82 Å². The second-order valence-electron chi connectivity index (χ2n) is 6.57. The first kappa shape index (κ1) is 18.9. The molecule has 0 aliphatic carbocycles. The van der Waals surface area contributed by atoms with Crippen molar-refractivity contribution in [3.8, 4) is 11.1 Å². The molecule has 1 fully saturated rings. The maximum Gasteiger partial charge on any atom is 0.222 e. The Morgan fingerprint density at radius 3 is 2.50 bits per heavy atom. The van der Waals surface area contributed by atoms with E-state index < -0.39 is 5.95 Å². The number of pyridine rings is 1. The van der Waals surface area contributed by atoms with E-state index in [1.165, 1.54) is 6.07 Å². The summed E-state index contributed by atoms with van der Waals surface area (Å²) in [6.45, 7) is 6.96. The number of hydrogen-bond acceptors (Lipinski definition) is 5. The van der Waals surface area contributed by atoms with E-state index in [0.29, 0.717) is 5.56 Å². The van der Waals surface area contributed by atoms with Gasteiger partial charge >= 0.3 is 0 Å². The molecular formula is C19H24ClFN4O. The average molecular weight is 379 g/mol. The van der Waals surface area contributed by atoms with Crippen LogP contribution in [0.25, 0.3) is 11.1 Å². The molecule has 2 N–H and O–H groups in total. The lowest BCUT2D eigenvalue weighted by Gasteiger charge is -2.37. The van der Waals surface area contributed by atoms with Crippen LogP contribution in [0.4, 0.5) is 15.9 Å². The molecule has 0 unspecified atom stereocenters. The Bertz CT molecular complexity index is 748. The predicted octanol–water partition coefficient (Wildman–Crippen LogP) is 3.28. The van der Waals surface area contributed by atoms with Crippen LogP contribution in [0.2, 0.25) is 5.02 Å². The molecule has 26 heavy (non-hydrogen) atoms. The van der Waals surface area contributed by atoms with Gasteiger partial charge in [-0.3, -0.25) is 4.90 Å². The summed E-state index contributed by atoms with van der Waals surface area (Å²) in [6.07, 6.45) is 0.246. The van der Waals surface area contributed by atoms with Gasteiger partial charge in [0.05, 0.1) is 11.1 Å². The number of benzene rings is 1. The van der Waals surface area contributed by atoms with E-state index in [4.69, 9.17) is 22.1 Å². The number of nitrogen functional groups attached to an aromatic ring is 1. The summed E-state index contributed by atoms with van der Waals surface area (Å²) in [4.78, 5) is 8.40. The van der Waals surface area contributed by atoms with E-state index >= 15 is 0 Å². The second kappa shape index (κ2) is 8.20. The van der Waals surface area contributed by atoms with Crippen molar-refractivity contribution >= 4 is 23.1 Å². The molecule has 1 aromatic carbocycles. The lowest BCUT2D eigenvalue weighted by Crippen LogP contribution is -2.48. The highest BCUT2D eigenvalue weighted by Crippen LogP contribution is 2.29. The van der Waals surface area contributed by atoms with Crippen LogP contribution < -0.4 is 10.6 Å². The number of aromatic nitrogens is 1. The maximum absolute atomic E-state index is 14.1. The van der Waals surface area contributed by atoms with Crippen molar-refractivity contribution in [2.75, 3.05) is 50.5 Å². The van der Waals surface area contributed by atoms with E-state index in [-0.39, 0.29) is 16.9 Å². The monoisotopic (exact) mass is 378 g/mol. The van der Waals surface area contributed by atoms with E-state index in [0.717, 1.165) is 44.0 Å². The summed E-state index contributed by atoms with van der Waals surface area (Å²) < 4.78 is 19.4. The van der Waals surface area contributed by atoms with Crippen molar-refractivity contribution in [1.82, 2.24) is 9.88 Å². The van der Waals surface area contributed by atoms with Gasteiger partial charge in [-0.15, -0.1) is 0 Å². The third kappa shape index (κ3) is 4.26. The first-order valence-electron chi connectivity index (χ1n) is 8.70. The predicted molar refractivity (Wildman–Crippen MR) is 104 cm³/mol. The van der Waals surface area contributed by atoms with Crippen LogP contribution in [-0.2, 0) is 4.74 Å². The number of anilines is 2. The fourth-order valence-corrected chi connectivity index (χ4v) is 3.31. The standard InChI is InChI=1S/C19H24ClFN4O/c1-13(26-2)12-24-7-9-25(10-8-24)15-5-3-14(4-6-15)16-11-17(20)19(22)23-18(16)21/h3-6,11,13H,7-10,12H2,1-2H3,(H2,22,23)/t13-/m0/s1. The number of methoxy groups -OCH3 is 1. The first-order chi connectivity index (χ1) is 12.5. The summed E-state index contributed by atoms with van der Waals surface area (Å²) in [5.74, 6) is -0.606. The molecule has 5 nitrogen and oxygen atoms in total. The highest BCUT2D eigenvalue weighted by molar-refractivity contribution is 6.33. The van der Waals surface area contributed by atoms with Crippen LogP contribution in [0.1, 0.15) is 6.92 Å². The molecule has 0 bridgehead atoms. The van der Waals surface area contributed by atoms with Gasteiger partial charge in [0.2, 0.25) is 5.95 Å². The topological polar surface area (TPSA) is 54.6 Å². The minimum absolute atomic E-state index is 0.00481. The third-order valence-electron chi connectivity index (χ3n) is 4.79. The molecule has 1 atom stereocenters. The fraction of sp³-hybridized carbons (Fsp3) is 0.421. The highest BCUT2D eigenvalue weighted by atomic mass is 35.5. The van der Waals surface area contributed by atoms with Gasteiger partial charge in [-0.25, -0.2) is 4.98 Å². The van der Waals surface area contributed by atoms with Gasteiger partial charge < -0.3 is 15.4 Å². The van der Waals surface area contributed by atoms with E-state index in [9.17, 15) is 4.39 Å². The normalized spacial score (nSPS) is 16.7. The van der Waals surface area contributed by atoms with Crippen molar-refractivity contribution in [3.05, 3.63) is 41.3 Å². The zero-order valence-electron chi connectivity index (χ0n) is 15.1. The minimum Gasteiger partial charge on any atom is -0.382 e. The number of piperazine rings is 1. The summed E-state index contributed by atoms with van der Waals surface area (Å²) >= 11 is 5.97. The fourth-order valence-electron chi connectivity index (χ4n) is 3.16. The van der Waals surface area contributed by atoms with E-state index in [1.807, 2.05) is 24.3 Å². The van der Waals surface area contributed by atoms with E-state index in [2.05, 4.69) is 21.7 Å². The molecule has 0 amide bonds. The second-order valence-corrected chi connectivity index (χ2v) is 6.98. The maximum atomic E-state index is 14.1. The van der Waals surface area contributed by atoms with Crippen molar-refractivity contribution < 1.29 is 9.13 Å². The molecule has 0 radical (unpaired) electrons. The van der Waals surface area contributed by atoms with Crippen molar-refractivity contribution in [2.45, 2.75) is 13.0 Å². The van der Waals surface area contributed by atoms with Gasteiger partial charge in [0.25, 0.3) is 0 Å². The van der Waals surface area contributed by atoms with Crippen molar-refractivity contribution in [3.63, 3.8) is 0 Å². The quantitative estimate of drug-likeness (QED) is 0.809. The molecule has 0 saturated carbocycles. The molecular weight excluding hydrogens is 355 g/mol. The Balaban J connectivity index is 1.67. The molecule has 140 valence electrons. The highest BCUT2D eigenvalue weighted by Gasteiger charge is 2.19. The summed E-state index contributed by atoms with van der Waals surface area (Å²) in [5.41, 5.74) is 7.75. The SMILES string of the molecule is CO[C@@H](C)CN1CCN(c2ccc(-c3cc(Cl)c(N)nc3F)cc2)CC1. The van der Waals surface area contributed by atoms with Crippen molar-refractivity contribution in [2.24, 2.45) is 0 Å². The number of halogens is 2. The zero-order valence-corrected chi connectivity index (χ0v) is 15.8. The summed E-state index contributed by atoms with van der Waals surface area (Å²) in [5, 5.41) is 0.256. The number of nitrogens with two attached hydrogens (primary N) is 1. The molecule has 2 aromatic rings. The van der Waals surface area contributed by atoms with Crippen LogP contribution in [0, 0.1) is 5.95 Å². The summed E-state index contributed by atoms with van der Waals surface area (Å²) in [6, 6.07) is 9.31. The number of ether oxygens (including phenoxy) is 1. The Morgan fingerprint density at radius 1 is 1.23 bits per heavy atom. The van der Waals surface area contributed by atoms with Crippen LogP contribution in [0.3, 0.4) is 0 Å². The smallest absolute Gasteiger partial charge is 0.222 e. The van der Waals surface area contributed by atoms with Crippen LogP contribution in [0.15, 0.2) is 30.3 Å². The number of hydrogen-bond donors (Lipinski definition) is 1. The van der Waals surface area contributed by atoms with Crippen LogP contribution in [-0.4, -0.2) is 55.8 Å². The average Bonchev–Trinajstić information content (AvgIpc) is 2.65. The Morgan fingerprint density at radius 2 is 1.88 bits per heavy atom. The van der Waals surface area contributed by atoms with Gasteiger partial charge in [0.15, 0.2) is 0 Å². The zero-order chi connectivity index (χ0) is 18.7. The first-order valence-corrected chi connectivity index (χ1v) is 9.07. The van der Waals surface area contributed by atoms with E-state index in [1.54, 1.807) is 7.11 Å². The molecule has 1 aliphatic heterocycles. The molecule has 7 heteroatoms. The minimum atomic E-state index is -0.611. The van der Waals surface area contributed by atoms with Gasteiger partial charge in [0, 0.05) is 51.1 Å².